The first-order valence-corrected chi connectivity index (χ1v) is 11.2. The molecule has 0 aliphatic heterocycles. The van der Waals surface area contributed by atoms with Gasteiger partial charge in [-0.2, -0.15) is 0 Å². The van der Waals surface area contributed by atoms with Crippen LogP contribution >= 0.6 is 11.3 Å². The molecule has 6 heteroatoms. The second-order valence-corrected chi connectivity index (χ2v) is 8.99. The Morgan fingerprint density at radius 3 is 2.71 bits per heavy atom. The second kappa shape index (κ2) is 6.55. The summed E-state index contributed by atoms with van der Waals surface area (Å²) in [5, 5.41) is 7.02. The second-order valence-electron chi connectivity index (χ2n) is 8.08. The van der Waals surface area contributed by atoms with Crippen molar-refractivity contribution in [2.75, 3.05) is 5.32 Å². The van der Waals surface area contributed by atoms with Crippen molar-refractivity contribution in [2.24, 2.45) is 0 Å². The van der Waals surface area contributed by atoms with Gasteiger partial charge in [0.1, 0.15) is 5.52 Å². The molecule has 0 radical (unpaired) electrons. The van der Waals surface area contributed by atoms with Gasteiger partial charge < -0.3 is 9.88 Å². The molecule has 0 bridgehead atoms. The van der Waals surface area contributed by atoms with Gasteiger partial charge in [0.15, 0.2) is 17.3 Å². The quantitative estimate of drug-likeness (QED) is 0.480. The number of anilines is 1. The predicted molar refractivity (Wildman–Crippen MR) is 115 cm³/mol. The van der Waals surface area contributed by atoms with Crippen LogP contribution in [0.1, 0.15) is 51.0 Å². The molecule has 28 heavy (non-hydrogen) atoms. The van der Waals surface area contributed by atoms with Gasteiger partial charge in [-0.25, -0.2) is 15.0 Å². The van der Waals surface area contributed by atoms with Crippen LogP contribution < -0.4 is 5.32 Å². The first-order chi connectivity index (χ1) is 13.9. The number of rotatable bonds is 4. The van der Waals surface area contributed by atoms with E-state index in [0.717, 1.165) is 28.4 Å². The van der Waals surface area contributed by atoms with Crippen molar-refractivity contribution in [3.8, 4) is 11.4 Å². The molecule has 0 saturated heterocycles. The van der Waals surface area contributed by atoms with Crippen molar-refractivity contribution in [3.63, 3.8) is 0 Å². The van der Waals surface area contributed by atoms with E-state index in [1.807, 2.05) is 6.33 Å². The van der Waals surface area contributed by atoms with E-state index in [1.165, 1.54) is 55.0 Å². The molecule has 2 aliphatic rings. The Labute approximate surface area is 167 Å². The zero-order chi connectivity index (χ0) is 18.5. The molecule has 3 heterocycles. The third kappa shape index (κ3) is 2.78. The summed E-state index contributed by atoms with van der Waals surface area (Å²) in [4.78, 5) is 14.7. The van der Waals surface area contributed by atoms with Gasteiger partial charge in [0.2, 0.25) is 0 Å². The molecular formula is C22H23N5S. The Kier molecular flexibility index (Phi) is 3.86. The Bertz CT molecular complexity index is 1150. The minimum atomic E-state index is 0.509. The Balaban J connectivity index is 1.54. The standard InChI is InChI=1S/C22H23N5S/c1-2-6-15(7-3-1)27-13-23-19-21(24-14-10-11-14)25-20(26-22(19)27)17-12-28-18-9-5-4-8-16(17)18/h4-5,8-9,12-15H,1-3,6-7,10-11H2,(H,24,25,26). The van der Waals surface area contributed by atoms with Crippen LogP contribution in [0, 0.1) is 0 Å². The van der Waals surface area contributed by atoms with Gasteiger partial charge in [0.25, 0.3) is 0 Å². The van der Waals surface area contributed by atoms with Crippen LogP contribution in [0.15, 0.2) is 36.0 Å². The topological polar surface area (TPSA) is 55.6 Å². The lowest BCUT2D eigenvalue weighted by atomic mass is 9.95. The first-order valence-electron chi connectivity index (χ1n) is 10.3. The summed E-state index contributed by atoms with van der Waals surface area (Å²) in [7, 11) is 0. The fourth-order valence-electron chi connectivity index (χ4n) is 4.34. The molecule has 1 aromatic carbocycles. The lowest BCUT2D eigenvalue weighted by Gasteiger charge is -2.23. The largest absolute Gasteiger partial charge is 0.365 e. The van der Waals surface area contributed by atoms with Crippen LogP contribution in [0.25, 0.3) is 32.6 Å². The van der Waals surface area contributed by atoms with E-state index in [0.29, 0.717) is 12.1 Å². The van der Waals surface area contributed by atoms with Gasteiger partial charge in [0.05, 0.1) is 6.33 Å². The van der Waals surface area contributed by atoms with E-state index in [4.69, 9.17) is 15.0 Å². The van der Waals surface area contributed by atoms with E-state index in [1.54, 1.807) is 11.3 Å². The monoisotopic (exact) mass is 389 g/mol. The van der Waals surface area contributed by atoms with Crippen molar-refractivity contribution in [1.29, 1.82) is 0 Å². The number of imidazole rings is 1. The van der Waals surface area contributed by atoms with Gasteiger partial charge in [-0.3, -0.25) is 0 Å². The summed E-state index contributed by atoms with van der Waals surface area (Å²) in [5.41, 5.74) is 3.02. The number of hydrogen-bond donors (Lipinski definition) is 1. The molecule has 2 fully saturated rings. The third-order valence-electron chi connectivity index (χ3n) is 6.03. The minimum absolute atomic E-state index is 0.509. The highest BCUT2D eigenvalue weighted by atomic mass is 32.1. The smallest absolute Gasteiger partial charge is 0.166 e. The average Bonchev–Trinajstić information content (AvgIpc) is 3.28. The Morgan fingerprint density at radius 2 is 1.86 bits per heavy atom. The van der Waals surface area contributed by atoms with Gasteiger partial charge in [-0.05, 0) is 31.7 Å². The van der Waals surface area contributed by atoms with Crippen molar-refractivity contribution in [2.45, 2.75) is 57.0 Å². The van der Waals surface area contributed by atoms with Gasteiger partial charge in [0, 0.05) is 33.1 Å². The fourth-order valence-corrected chi connectivity index (χ4v) is 5.28. The highest BCUT2D eigenvalue weighted by Gasteiger charge is 2.26. The summed E-state index contributed by atoms with van der Waals surface area (Å²) >= 11 is 1.76. The lowest BCUT2D eigenvalue weighted by molar-refractivity contribution is 0.358. The van der Waals surface area contributed by atoms with Crippen LogP contribution in [0.4, 0.5) is 5.82 Å². The van der Waals surface area contributed by atoms with E-state index < -0.39 is 0 Å². The number of nitrogens with zero attached hydrogens (tertiary/aromatic N) is 4. The molecule has 2 aliphatic carbocycles. The molecule has 5 nitrogen and oxygen atoms in total. The van der Waals surface area contributed by atoms with Crippen molar-refractivity contribution in [3.05, 3.63) is 36.0 Å². The number of benzene rings is 1. The summed E-state index contributed by atoms with van der Waals surface area (Å²) in [6, 6.07) is 9.55. The van der Waals surface area contributed by atoms with Crippen molar-refractivity contribution < 1.29 is 0 Å². The number of fused-ring (bicyclic) bond motifs is 2. The van der Waals surface area contributed by atoms with Gasteiger partial charge >= 0.3 is 0 Å². The molecule has 1 N–H and O–H groups in total. The molecule has 0 spiro atoms. The van der Waals surface area contributed by atoms with E-state index in [9.17, 15) is 0 Å². The third-order valence-corrected chi connectivity index (χ3v) is 6.99. The van der Waals surface area contributed by atoms with E-state index in [2.05, 4.69) is 39.5 Å². The highest BCUT2D eigenvalue weighted by Crippen LogP contribution is 2.37. The van der Waals surface area contributed by atoms with E-state index in [-0.39, 0.29) is 0 Å². The zero-order valence-corrected chi connectivity index (χ0v) is 16.6. The number of nitrogens with one attached hydrogen (secondary N) is 1. The molecule has 0 amide bonds. The summed E-state index contributed by atoms with van der Waals surface area (Å²) in [6.45, 7) is 0. The lowest BCUT2D eigenvalue weighted by Crippen LogP contribution is -2.13. The van der Waals surface area contributed by atoms with Crippen LogP contribution in [0.2, 0.25) is 0 Å². The molecule has 142 valence electrons. The van der Waals surface area contributed by atoms with Crippen LogP contribution in [-0.2, 0) is 0 Å². The number of thiophene rings is 1. The van der Waals surface area contributed by atoms with Crippen LogP contribution in [0.5, 0.6) is 0 Å². The minimum Gasteiger partial charge on any atom is -0.365 e. The molecule has 3 aromatic heterocycles. The molecule has 4 aromatic rings. The Hall–Kier alpha value is -2.47. The normalized spacial score (nSPS) is 18.1. The summed E-state index contributed by atoms with van der Waals surface area (Å²) < 4.78 is 3.59. The molecule has 2 saturated carbocycles. The molecule has 6 rings (SSSR count). The average molecular weight is 390 g/mol. The zero-order valence-electron chi connectivity index (χ0n) is 15.8. The molecule has 0 unspecified atom stereocenters. The van der Waals surface area contributed by atoms with Gasteiger partial charge in [-0.15, -0.1) is 11.3 Å². The maximum absolute atomic E-state index is 5.05. The van der Waals surface area contributed by atoms with Crippen LogP contribution in [0.3, 0.4) is 0 Å². The van der Waals surface area contributed by atoms with Crippen molar-refractivity contribution >= 4 is 38.4 Å². The predicted octanol–water partition coefficient (Wildman–Crippen LogP) is 5.79. The summed E-state index contributed by atoms with van der Waals surface area (Å²) in [5.74, 6) is 1.71. The van der Waals surface area contributed by atoms with E-state index >= 15 is 0 Å². The maximum Gasteiger partial charge on any atom is 0.166 e. The Morgan fingerprint density at radius 1 is 1.00 bits per heavy atom. The van der Waals surface area contributed by atoms with Crippen LogP contribution in [-0.4, -0.2) is 25.6 Å². The van der Waals surface area contributed by atoms with Gasteiger partial charge in [-0.1, -0.05) is 37.5 Å². The number of aromatic nitrogens is 4. The molecule has 0 atom stereocenters. The SMILES string of the molecule is c1ccc2c(-c3nc(NC4CC4)c4ncn(C5CCCCC5)c4n3)csc2c1. The summed E-state index contributed by atoms with van der Waals surface area (Å²) in [6.07, 6.45) is 10.8. The van der Waals surface area contributed by atoms with Crippen molar-refractivity contribution in [1.82, 2.24) is 19.5 Å². The maximum atomic E-state index is 5.05. The highest BCUT2D eigenvalue weighted by molar-refractivity contribution is 7.17. The first kappa shape index (κ1) is 16.5. The fraction of sp³-hybridized carbons (Fsp3) is 0.409. The molecular weight excluding hydrogens is 366 g/mol. The number of hydrogen-bond acceptors (Lipinski definition) is 5.